The zero-order valence-corrected chi connectivity index (χ0v) is 10.6. The van der Waals surface area contributed by atoms with E-state index in [2.05, 4.69) is 0 Å². The third-order valence-corrected chi connectivity index (χ3v) is 2.72. The first kappa shape index (κ1) is 13.5. The number of hydrogen-bond donors (Lipinski definition) is 1. The second-order valence-corrected chi connectivity index (χ2v) is 4.11. The summed E-state index contributed by atoms with van der Waals surface area (Å²) < 4.78 is 5.51. The van der Waals surface area contributed by atoms with Crippen LogP contribution in [-0.2, 0) is 0 Å². The highest BCUT2D eigenvalue weighted by molar-refractivity contribution is 5.91. The highest BCUT2D eigenvalue weighted by Crippen LogP contribution is 2.31. The second kappa shape index (κ2) is 5.40. The molecule has 0 amide bonds. The zero-order valence-electron chi connectivity index (χ0n) is 10.6. The molecule has 0 radical (unpaired) electrons. The Morgan fingerprint density at radius 1 is 1.20 bits per heavy atom. The van der Waals surface area contributed by atoms with E-state index in [1.54, 1.807) is 25.1 Å². The number of nitro groups is 1. The predicted octanol–water partition coefficient (Wildman–Crippen LogP) is 3.39. The Bertz CT molecular complexity index is 681. The number of hydrogen-bond acceptors (Lipinski definition) is 4. The molecule has 102 valence electrons. The van der Waals surface area contributed by atoms with Gasteiger partial charge in [0.1, 0.15) is 17.1 Å². The Morgan fingerprint density at radius 3 is 2.50 bits per heavy atom. The number of carbonyl (C=O) groups is 1. The summed E-state index contributed by atoms with van der Waals surface area (Å²) in [5.74, 6) is -0.806. The normalized spacial score (nSPS) is 10.1. The molecule has 1 N–H and O–H groups in total. The van der Waals surface area contributed by atoms with Crippen LogP contribution in [0, 0.1) is 17.0 Å². The summed E-state index contributed by atoms with van der Waals surface area (Å²) in [5, 5.41) is 19.8. The lowest BCUT2D eigenvalue weighted by atomic mass is 10.1. The summed E-state index contributed by atoms with van der Waals surface area (Å²) in [6.45, 7) is 1.80. The minimum Gasteiger partial charge on any atom is -0.478 e. The van der Waals surface area contributed by atoms with Gasteiger partial charge < -0.3 is 9.84 Å². The summed E-state index contributed by atoms with van der Waals surface area (Å²) in [7, 11) is 0. The summed E-state index contributed by atoms with van der Waals surface area (Å²) in [6.07, 6.45) is 0. The molecule has 0 aliphatic carbocycles. The number of para-hydroxylation sites is 1. The van der Waals surface area contributed by atoms with E-state index in [4.69, 9.17) is 9.84 Å². The average Bonchev–Trinajstić information content (AvgIpc) is 2.41. The minimum atomic E-state index is -1.21. The van der Waals surface area contributed by atoms with Crippen molar-refractivity contribution in [2.45, 2.75) is 6.92 Å². The van der Waals surface area contributed by atoms with Gasteiger partial charge in [0.05, 0.1) is 11.0 Å². The van der Waals surface area contributed by atoms with Crippen LogP contribution in [0.5, 0.6) is 11.5 Å². The third kappa shape index (κ3) is 2.74. The van der Waals surface area contributed by atoms with E-state index in [0.717, 1.165) is 23.8 Å². The molecule has 0 saturated heterocycles. The number of nitrogens with zero attached hydrogens (tertiary/aromatic N) is 1. The van der Waals surface area contributed by atoms with E-state index in [9.17, 15) is 14.9 Å². The van der Waals surface area contributed by atoms with Crippen molar-refractivity contribution in [3.63, 3.8) is 0 Å². The predicted molar refractivity (Wildman–Crippen MR) is 71.3 cm³/mol. The number of rotatable bonds is 4. The Labute approximate surface area is 114 Å². The van der Waals surface area contributed by atoms with Gasteiger partial charge in [-0.15, -0.1) is 0 Å². The first-order chi connectivity index (χ1) is 9.49. The molecule has 6 heteroatoms. The monoisotopic (exact) mass is 273 g/mol. The van der Waals surface area contributed by atoms with E-state index in [-0.39, 0.29) is 17.0 Å². The van der Waals surface area contributed by atoms with Crippen LogP contribution in [0.2, 0.25) is 0 Å². The number of nitro benzene ring substituents is 1. The van der Waals surface area contributed by atoms with E-state index < -0.39 is 10.9 Å². The maximum atomic E-state index is 11.1. The van der Waals surface area contributed by atoms with Gasteiger partial charge in [0.25, 0.3) is 5.69 Å². The van der Waals surface area contributed by atoms with Crippen LogP contribution < -0.4 is 4.74 Å². The fourth-order valence-electron chi connectivity index (χ4n) is 1.68. The number of benzene rings is 2. The summed E-state index contributed by atoms with van der Waals surface area (Å²) in [4.78, 5) is 21.3. The number of aryl methyl sites for hydroxylation is 1. The third-order valence-electron chi connectivity index (χ3n) is 2.72. The van der Waals surface area contributed by atoms with Gasteiger partial charge in [0.15, 0.2) is 0 Å². The van der Waals surface area contributed by atoms with Crippen molar-refractivity contribution in [1.82, 2.24) is 0 Å². The lowest BCUT2D eigenvalue weighted by Crippen LogP contribution is -2.01. The molecular weight excluding hydrogens is 262 g/mol. The van der Waals surface area contributed by atoms with E-state index in [1.807, 2.05) is 6.07 Å². The molecule has 2 rings (SSSR count). The van der Waals surface area contributed by atoms with Gasteiger partial charge in [-0.05, 0) is 24.6 Å². The molecule has 0 unspecified atom stereocenters. The Morgan fingerprint density at radius 2 is 1.90 bits per heavy atom. The molecule has 0 spiro atoms. The van der Waals surface area contributed by atoms with Crippen molar-refractivity contribution in [1.29, 1.82) is 0 Å². The fraction of sp³-hybridized carbons (Fsp3) is 0.0714. The van der Waals surface area contributed by atoms with Crippen molar-refractivity contribution in [3.8, 4) is 11.5 Å². The van der Waals surface area contributed by atoms with Crippen LogP contribution in [-0.4, -0.2) is 16.0 Å². The standard InChI is InChI=1S/C14H11NO5/c1-9-4-2-3-5-12(9)20-13-8-10(15(18)19)6-7-11(13)14(16)17/h2-8H,1H3,(H,16,17). The first-order valence-corrected chi connectivity index (χ1v) is 5.74. The highest BCUT2D eigenvalue weighted by atomic mass is 16.6. The van der Waals surface area contributed by atoms with Crippen LogP contribution >= 0.6 is 0 Å². The fourth-order valence-corrected chi connectivity index (χ4v) is 1.68. The highest BCUT2D eigenvalue weighted by Gasteiger charge is 2.17. The van der Waals surface area contributed by atoms with Crippen molar-refractivity contribution in [2.24, 2.45) is 0 Å². The molecule has 2 aromatic carbocycles. The van der Waals surface area contributed by atoms with Crippen LogP contribution in [0.3, 0.4) is 0 Å². The van der Waals surface area contributed by atoms with Crippen LogP contribution in [0.1, 0.15) is 15.9 Å². The molecule has 0 heterocycles. The maximum Gasteiger partial charge on any atom is 0.339 e. The Hall–Kier alpha value is -2.89. The van der Waals surface area contributed by atoms with E-state index >= 15 is 0 Å². The molecule has 0 aliphatic rings. The molecule has 20 heavy (non-hydrogen) atoms. The molecule has 0 saturated carbocycles. The van der Waals surface area contributed by atoms with Gasteiger partial charge in [-0.3, -0.25) is 10.1 Å². The zero-order chi connectivity index (χ0) is 14.7. The number of non-ortho nitro benzene ring substituents is 1. The van der Waals surface area contributed by atoms with Gasteiger partial charge in [0.2, 0.25) is 0 Å². The number of carboxylic acid groups (broad SMARTS) is 1. The molecule has 0 fully saturated rings. The molecule has 0 aliphatic heterocycles. The Balaban J connectivity index is 2.48. The molecular formula is C14H11NO5. The largest absolute Gasteiger partial charge is 0.478 e. The smallest absolute Gasteiger partial charge is 0.339 e. The van der Waals surface area contributed by atoms with Crippen LogP contribution in [0.25, 0.3) is 0 Å². The molecule has 6 nitrogen and oxygen atoms in total. The van der Waals surface area contributed by atoms with Crippen molar-refractivity contribution >= 4 is 11.7 Å². The first-order valence-electron chi connectivity index (χ1n) is 5.74. The average molecular weight is 273 g/mol. The molecule has 0 atom stereocenters. The van der Waals surface area contributed by atoms with Crippen LogP contribution in [0.4, 0.5) is 5.69 Å². The van der Waals surface area contributed by atoms with E-state index in [0.29, 0.717) is 5.75 Å². The van der Waals surface area contributed by atoms with Crippen molar-refractivity contribution < 1.29 is 19.6 Å². The van der Waals surface area contributed by atoms with Gasteiger partial charge in [-0.1, -0.05) is 18.2 Å². The molecule has 0 aromatic heterocycles. The lowest BCUT2D eigenvalue weighted by molar-refractivity contribution is -0.384. The SMILES string of the molecule is Cc1ccccc1Oc1cc([N+](=O)[O-])ccc1C(=O)O. The molecule has 2 aromatic rings. The quantitative estimate of drug-likeness (QED) is 0.681. The number of aromatic carboxylic acids is 1. The van der Waals surface area contributed by atoms with Crippen molar-refractivity contribution in [3.05, 3.63) is 63.7 Å². The summed E-state index contributed by atoms with van der Waals surface area (Å²) in [5.41, 5.74) is 0.452. The lowest BCUT2D eigenvalue weighted by Gasteiger charge is -2.10. The van der Waals surface area contributed by atoms with Gasteiger partial charge in [-0.25, -0.2) is 4.79 Å². The Kier molecular flexibility index (Phi) is 3.65. The van der Waals surface area contributed by atoms with Gasteiger partial charge in [-0.2, -0.15) is 0 Å². The number of carboxylic acids is 1. The van der Waals surface area contributed by atoms with Crippen LogP contribution in [0.15, 0.2) is 42.5 Å². The maximum absolute atomic E-state index is 11.1. The summed E-state index contributed by atoms with van der Waals surface area (Å²) >= 11 is 0. The van der Waals surface area contributed by atoms with Crippen molar-refractivity contribution in [2.75, 3.05) is 0 Å². The molecule has 0 bridgehead atoms. The second-order valence-electron chi connectivity index (χ2n) is 4.11. The summed E-state index contributed by atoms with van der Waals surface area (Å²) in [6, 6.07) is 10.4. The minimum absolute atomic E-state index is 0.0546. The topological polar surface area (TPSA) is 89.7 Å². The van der Waals surface area contributed by atoms with E-state index in [1.165, 1.54) is 0 Å². The van der Waals surface area contributed by atoms with Gasteiger partial charge >= 0.3 is 5.97 Å². The van der Waals surface area contributed by atoms with Gasteiger partial charge in [0, 0.05) is 6.07 Å². The number of ether oxygens (including phenoxy) is 1.